The Morgan fingerprint density at radius 2 is 2.00 bits per heavy atom. The molecule has 6 heteroatoms. The standard InChI is InChI=1S/C15H22N4OS/c1-9-10(2)21-15-13(9)14(16)17-12(18-15)8-19(3)11-4-6-20-7-5-11/h11H,4-8H2,1-3H3,(H2,16,17,18). The van der Waals surface area contributed by atoms with E-state index < -0.39 is 0 Å². The first-order valence-corrected chi connectivity index (χ1v) is 8.18. The van der Waals surface area contributed by atoms with Crippen LogP contribution >= 0.6 is 11.3 Å². The minimum absolute atomic E-state index is 0.547. The van der Waals surface area contributed by atoms with Crippen LogP contribution in [-0.2, 0) is 11.3 Å². The van der Waals surface area contributed by atoms with Gasteiger partial charge in [0.1, 0.15) is 16.5 Å². The third-order valence-corrected chi connectivity index (χ3v) is 5.41. The number of ether oxygens (including phenoxy) is 1. The zero-order valence-electron chi connectivity index (χ0n) is 12.8. The van der Waals surface area contributed by atoms with Crippen LogP contribution in [0.1, 0.15) is 29.1 Å². The van der Waals surface area contributed by atoms with Gasteiger partial charge in [-0.15, -0.1) is 11.3 Å². The lowest BCUT2D eigenvalue weighted by Gasteiger charge is -2.30. The Balaban J connectivity index is 1.83. The van der Waals surface area contributed by atoms with Gasteiger partial charge in [-0.05, 0) is 39.3 Å². The first-order chi connectivity index (χ1) is 10.1. The summed E-state index contributed by atoms with van der Waals surface area (Å²) in [6.45, 7) is 6.62. The highest BCUT2D eigenvalue weighted by molar-refractivity contribution is 7.18. The second kappa shape index (κ2) is 5.87. The summed E-state index contributed by atoms with van der Waals surface area (Å²) in [6.07, 6.45) is 2.15. The second-order valence-electron chi connectivity index (χ2n) is 5.75. The molecule has 2 aromatic rings. The zero-order chi connectivity index (χ0) is 15.0. The van der Waals surface area contributed by atoms with E-state index in [4.69, 9.17) is 15.5 Å². The van der Waals surface area contributed by atoms with E-state index in [2.05, 4.69) is 30.8 Å². The van der Waals surface area contributed by atoms with E-state index in [1.165, 1.54) is 10.4 Å². The molecular weight excluding hydrogens is 284 g/mol. The van der Waals surface area contributed by atoms with Crippen molar-refractivity contribution in [3.63, 3.8) is 0 Å². The Labute approximate surface area is 129 Å². The van der Waals surface area contributed by atoms with Gasteiger partial charge in [-0.1, -0.05) is 0 Å². The molecule has 0 bridgehead atoms. The predicted molar refractivity (Wildman–Crippen MR) is 86.6 cm³/mol. The highest BCUT2D eigenvalue weighted by Crippen LogP contribution is 2.32. The van der Waals surface area contributed by atoms with Gasteiger partial charge in [0, 0.05) is 24.1 Å². The normalized spacial score (nSPS) is 17.0. The van der Waals surface area contributed by atoms with Gasteiger partial charge in [0.05, 0.1) is 11.9 Å². The number of anilines is 1. The van der Waals surface area contributed by atoms with Gasteiger partial charge in [-0.2, -0.15) is 0 Å². The van der Waals surface area contributed by atoms with Crippen LogP contribution in [0, 0.1) is 13.8 Å². The molecule has 0 spiro atoms. The summed E-state index contributed by atoms with van der Waals surface area (Å²) in [6, 6.07) is 0.547. The summed E-state index contributed by atoms with van der Waals surface area (Å²) < 4.78 is 5.42. The maximum atomic E-state index is 6.14. The molecule has 3 heterocycles. The van der Waals surface area contributed by atoms with E-state index in [0.29, 0.717) is 11.9 Å². The number of nitrogens with zero attached hydrogens (tertiary/aromatic N) is 3. The van der Waals surface area contributed by atoms with Crippen LogP contribution in [0.15, 0.2) is 0 Å². The fraction of sp³-hybridized carbons (Fsp3) is 0.600. The molecule has 3 rings (SSSR count). The lowest BCUT2D eigenvalue weighted by atomic mass is 10.1. The van der Waals surface area contributed by atoms with Crippen LogP contribution in [0.25, 0.3) is 10.2 Å². The van der Waals surface area contributed by atoms with Crippen LogP contribution in [0.5, 0.6) is 0 Å². The van der Waals surface area contributed by atoms with E-state index in [0.717, 1.165) is 48.6 Å². The van der Waals surface area contributed by atoms with Gasteiger partial charge in [-0.3, -0.25) is 4.90 Å². The van der Waals surface area contributed by atoms with Crippen molar-refractivity contribution >= 4 is 27.4 Å². The number of hydrogen-bond acceptors (Lipinski definition) is 6. The summed E-state index contributed by atoms with van der Waals surface area (Å²) in [5.41, 5.74) is 7.35. The fourth-order valence-electron chi connectivity index (χ4n) is 2.88. The molecule has 1 fully saturated rings. The number of nitrogen functional groups attached to an aromatic ring is 1. The molecule has 0 saturated carbocycles. The molecule has 0 aliphatic carbocycles. The first kappa shape index (κ1) is 14.7. The molecule has 0 atom stereocenters. The van der Waals surface area contributed by atoms with E-state index in [-0.39, 0.29) is 0 Å². The van der Waals surface area contributed by atoms with Gasteiger partial charge < -0.3 is 10.5 Å². The van der Waals surface area contributed by atoms with Crippen molar-refractivity contribution < 1.29 is 4.74 Å². The molecule has 5 nitrogen and oxygen atoms in total. The Bertz CT molecular complexity index is 649. The monoisotopic (exact) mass is 306 g/mol. The van der Waals surface area contributed by atoms with Gasteiger partial charge in [0.2, 0.25) is 0 Å². The van der Waals surface area contributed by atoms with E-state index in [9.17, 15) is 0 Å². The molecule has 0 amide bonds. The van der Waals surface area contributed by atoms with Gasteiger partial charge in [0.25, 0.3) is 0 Å². The first-order valence-electron chi connectivity index (χ1n) is 7.36. The predicted octanol–water partition coefficient (Wildman–Crippen LogP) is 2.50. The molecule has 0 radical (unpaired) electrons. The number of aryl methyl sites for hydroxylation is 2. The zero-order valence-corrected chi connectivity index (χ0v) is 13.7. The Morgan fingerprint density at radius 1 is 1.29 bits per heavy atom. The topological polar surface area (TPSA) is 64.3 Å². The minimum atomic E-state index is 0.547. The van der Waals surface area contributed by atoms with Crippen molar-refractivity contribution in [2.75, 3.05) is 26.0 Å². The summed E-state index contributed by atoms with van der Waals surface area (Å²) in [5, 5.41) is 1.02. The molecule has 2 N–H and O–H groups in total. The number of fused-ring (bicyclic) bond motifs is 1. The molecule has 0 aromatic carbocycles. The van der Waals surface area contributed by atoms with Crippen molar-refractivity contribution in [3.8, 4) is 0 Å². The maximum absolute atomic E-state index is 6.14. The molecule has 2 aromatic heterocycles. The number of aromatic nitrogens is 2. The third kappa shape index (κ3) is 2.88. The number of rotatable bonds is 3. The Morgan fingerprint density at radius 3 is 2.71 bits per heavy atom. The number of hydrogen-bond donors (Lipinski definition) is 1. The fourth-order valence-corrected chi connectivity index (χ4v) is 3.93. The lowest BCUT2D eigenvalue weighted by molar-refractivity contribution is 0.0400. The Hall–Kier alpha value is -1.24. The van der Waals surface area contributed by atoms with Crippen molar-refractivity contribution in [2.24, 2.45) is 0 Å². The maximum Gasteiger partial charge on any atom is 0.146 e. The molecule has 1 aliphatic heterocycles. The van der Waals surface area contributed by atoms with Crippen molar-refractivity contribution in [3.05, 3.63) is 16.3 Å². The van der Waals surface area contributed by atoms with Crippen molar-refractivity contribution in [1.29, 1.82) is 0 Å². The molecule has 1 aliphatic rings. The van der Waals surface area contributed by atoms with E-state index in [1.54, 1.807) is 11.3 Å². The van der Waals surface area contributed by atoms with E-state index in [1.807, 2.05) is 0 Å². The van der Waals surface area contributed by atoms with Crippen LogP contribution in [0.2, 0.25) is 0 Å². The highest BCUT2D eigenvalue weighted by Gasteiger charge is 2.20. The third-order valence-electron chi connectivity index (χ3n) is 4.31. The SMILES string of the molecule is Cc1sc2nc(CN(C)C3CCOCC3)nc(N)c2c1C. The summed E-state index contributed by atoms with van der Waals surface area (Å²) in [7, 11) is 2.13. The second-order valence-corrected chi connectivity index (χ2v) is 6.95. The lowest BCUT2D eigenvalue weighted by Crippen LogP contribution is -2.36. The summed E-state index contributed by atoms with van der Waals surface area (Å²) in [4.78, 5) is 13.8. The summed E-state index contributed by atoms with van der Waals surface area (Å²) >= 11 is 1.70. The van der Waals surface area contributed by atoms with Crippen molar-refractivity contribution in [2.45, 2.75) is 39.3 Å². The smallest absolute Gasteiger partial charge is 0.146 e. The molecule has 0 unspecified atom stereocenters. The molecule has 1 saturated heterocycles. The van der Waals surface area contributed by atoms with Crippen LogP contribution < -0.4 is 5.73 Å². The minimum Gasteiger partial charge on any atom is -0.383 e. The molecule has 114 valence electrons. The van der Waals surface area contributed by atoms with Crippen molar-refractivity contribution in [1.82, 2.24) is 14.9 Å². The van der Waals surface area contributed by atoms with Gasteiger partial charge in [-0.25, -0.2) is 9.97 Å². The average molecular weight is 306 g/mol. The summed E-state index contributed by atoms with van der Waals surface area (Å²) in [5.74, 6) is 1.42. The molecular formula is C15H22N4OS. The van der Waals surface area contributed by atoms with Crippen LogP contribution in [0.4, 0.5) is 5.82 Å². The highest BCUT2D eigenvalue weighted by atomic mass is 32.1. The Kier molecular flexibility index (Phi) is 4.10. The number of thiophene rings is 1. The van der Waals surface area contributed by atoms with Gasteiger partial charge in [0.15, 0.2) is 0 Å². The van der Waals surface area contributed by atoms with Crippen LogP contribution in [0.3, 0.4) is 0 Å². The largest absolute Gasteiger partial charge is 0.383 e. The van der Waals surface area contributed by atoms with Gasteiger partial charge >= 0.3 is 0 Å². The van der Waals surface area contributed by atoms with E-state index >= 15 is 0 Å². The average Bonchev–Trinajstić information content (AvgIpc) is 2.75. The quantitative estimate of drug-likeness (QED) is 0.944. The van der Waals surface area contributed by atoms with Crippen LogP contribution in [-0.4, -0.2) is 41.2 Å². The number of nitrogens with two attached hydrogens (primary N) is 1. The molecule has 21 heavy (non-hydrogen) atoms.